The zero-order chi connectivity index (χ0) is 15.8. The van der Waals surface area contributed by atoms with Crippen LogP contribution in [0.3, 0.4) is 0 Å². The zero-order valence-electron chi connectivity index (χ0n) is 12.0. The van der Waals surface area contributed by atoms with Gasteiger partial charge in [0, 0.05) is 12.1 Å². The fourth-order valence-electron chi connectivity index (χ4n) is 1.79. The van der Waals surface area contributed by atoms with E-state index < -0.39 is 23.7 Å². The molecule has 0 bridgehead atoms. The molecule has 1 saturated heterocycles. The number of urea groups is 1. The lowest BCUT2D eigenvalue weighted by Gasteiger charge is -2.24. The Bertz CT molecular complexity index is 404. The number of amides is 3. The highest BCUT2D eigenvalue weighted by Crippen LogP contribution is 2.35. The average molecular weight is 295 g/mol. The summed E-state index contributed by atoms with van der Waals surface area (Å²) in [4.78, 5) is 23.9. The van der Waals surface area contributed by atoms with Crippen molar-refractivity contribution >= 4 is 11.9 Å². The van der Waals surface area contributed by atoms with Crippen LogP contribution in [0.2, 0.25) is 0 Å². The van der Waals surface area contributed by atoms with E-state index in [1.54, 1.807) is 5.32 Å². The van der Waals surface area contributed by atoms with Gasteiger partial charge in [-0.3, -0.25) is 9.69 Å². The Kier molecular flexibility index (Phi) is 4.38. The molecule has 0 aliphatic carbocycles. The molecule has 5 nitrogen and oxygen atoms in total. The topological polar surface area (TPSA) is 61.4 Å². The van der Waals surface area contributed by atoms with Gasteiger partial charge in [-0.25, -0.2) is 4.79 Å². The van der Waals surface area contributed by atoms with Crippen LogP contribution in [-0.2, 0) is 4.79 Å². The number of hydrogen-bond acceptors (Lipinski definition) is 3. The minimum absolute atomic E-state index is 0.0422. The van der Waals surface area contributed by atoms with Gasteiger partial charge in [0.2, 0.25) is 5.54 Å². The lowest BCUT2D eigenvalue weighted by atomic mass is 10.0. The summed E-state index contributed by atoms with van der Waals surface area (Å²) < 4.78 is 38.4. The molecular formula is C12H20F3N3O2. The Hall–Kier alpha value is -1.31. The first kappa shape index (κ1) is 16.7. The maximum atomic E-state index is 12.8. The quantitative estimate of drug-likeness (QED) is 0.612. The van der Waals surface area contributed by atoms with Crippen LogP contribution in [0, 0.1) is 0 Å². The van der Waals surface area contributed by atoms with Crippen molar-refractivity contribution in [3.63, 3.8) is 0 Å². The number of carbonyl (C=O) groups excluding carboxylic acids is 2. The maximum absolute atomic E-state index is 12.8. The van der Waals surface area contributed by atoms with Crippen LogP contribution in [0.1, 0.15) is 34.1 Å². The molecule has 116 valence electrons. The average Bonchev–Trinajstić information content (AvgIpc) is 2.45. The molecule has 1 unspecified atom stereocenters. The number of nitrogens with one attached hydrogen (secondary N) is 2. The van der Waals surface area contributed by atoms with Gasteiger partial charge in [0.25, 0.3) is 5.91 Å². The third-order valence-electron chi connectivity index (χ3n) is 3.06. The van der Waals surface area contributed by atoms with Gasteiger partial charge in [0.05, 0.1) is 0 Å². The maximum Gasteiger partial charge on any atom is 0.420 e. The third kappa shape index (κ3) is 3.41. The van der Waals surface area contributed by atoms with Gasteiger partial charge in [-0.05, 0) is 40.7 Å². The molecule has 1 aliphatic heterocycles. The molecule has 0 aromatic heterocycles. The number of rotatable bonds is 4. The monoisotopic (exact) mass is 295 g/mol. The summed E-state index contributed by atoms with van der Waals surface area (Å²) in [5.41, 5.74) is -2.95. The number of hydrogen-bond donors (Lipinski definition) is 2. The van der Waals surface area contributed by atoms with Gasteiger partial charge in [0.15, 0.2) is 0 Å². The molecule has 0 saturated carbocycles. The summed E-state index contributed by atoms with van der Waals surface area (Å²) in [5.74, 6) is -1.24. The van der Waals surface area contributed by atoms with Crippen LogP contribution in [-0.4, -0.2) is 47.2 Å². The Balaban J connectivity index is 2.61. The minimum atomic E-state index is -4.81. The Morgan fingerprint density at radius 2 is 1.80 bits per heavy atom. The molecule has 1 heterocycles. The molecule has 1 fully saturated rings. The van der Waals surface area contributed by atoms with Gasteiger partial charge in [0.1, 0.15) is 0 Å². The van der Waals surface area contributed by atoms with Crippen molar-refractivity contribution in [2.45, 2.75) is 51.4 Å². The number of alkyl halides is 3. The van der Waals surface area contributed by atoms with E-state index in [-0.39, 0.29) is 12.1 Å². The van der Waals surface area contributed by atoms with Crippen molar-refractivity contribution in [1.82, 2.24) is 15.5 Å². The first-order valence-electron chi connectivity index (χ1n) is 6.34. The molecule has 0 spiro atoms. The van der Waals surface area contributed by atoms with Crippen LogP contribution >= 0.6 is 0 Å². The minimum Gasteiger partial charge on any atom is -0.316 e. The van der Waals surface area contributed by atoms with E-state index in [0.717, 1.165) is 0 Å². The molecule has 1 rings (SSSR count). The van der Waals surface area contributed by atoms with E-state index in [4.69, 9.17) is 0 Å². The lowest BCUT2D eigenvalue weighted by molar-refractivity contribution is -0.191. The summed E-state index contributed by atoms with van der Waals surface area (Å²) >= 11 is 0. The number of nitrogens with zero attached hydrogens (tertiary/aromatic N) is 1. The highest BCUT2D eigenvalue weighted by molar-refractivity contribution is 6.07. The van der Waals surface area contributed by atoms with Crippen LogP contribution in [0.25, 0.3) is 0 Å². The Morgan fingerprint density at radius 3 is 2.20 bits per heavy atom. The smallest absolute Gasteiger partial charge is 0.316 e. The highest BCUT2D eigenvalue weighted by Gasteiger charge is 2.64. The van der Waals surface area contributed by atoms with E-state index >= 15 is 0 Å². The first-order chi connectivity index (χ1) is 8.88. The van der Waals surface area contributed by atoms with E-state index in [1.807, 2.05) is 20.8 Å². The molecule has 1 aliphatic rings. The third-order valence-corrected chi connectivity index (χ3v) is 3.06. The number of halogens is 3. The Labute approximate surface area is 115 Å². The van der Waals surface area contributed by atoms with E-state index in [1.165, 1.54) is 0 Å². The second-order valence-electron chi connectivity index (χ2n) is 6.04. The van der Waals surface area contributed by atoms with Crippen LogP contribution in [0.15, 0.2) is 0 Å². The van der Waals surface area contributed by atoms with Crippen molar-refractivity contribution in [3.8, 4) is 0 Å². The predicted molar refractivity (Wildman–Crippen MR) is 67.1 cm³/mol. The van der Waals surface area contributed by atoms with Crippen LogP contribution in [0.4, 0.5) is 18.0 Å². The second-order valence-corrected chi connectivity index (χ2v) is 6.04. The van der Waals surface area contributed by atoms with E-state index in [0.29, 0.717) is 24.8 Å². The number of carbonyl (C=O) groups is 2. The van der Waals surface area contributed by atoms with E-state index in [9.17, 15) is 22.8 Å². The molecular weight excluding hydrogens is 275 g/mol. The summed E-state index contributed by atoms with van der Waals surface area (Å²) in [5, 5.41) is 4.85. The predicted octanol–water partition coefficient (Wildman–Crippen LogP) is 1.64. The molecule has 0 aromatic carbocycles. The van der Waals surface area contributed by atoms with Crippen molar-refractivity contribution in [2.24, 2.45) is 0 Å². The van der Waals surface area contributed by atoms with Crippen molar-refractivity contribution in [1.29, 1.82) is 0 Å². The van der Waals surface area contributed by atoms with Gasteiger partial charge >= 0.3 is 12.2 Å². The van der Waals surface area contributed by atoms with Gasteiger partial charge < -0.3 is 10.6 Å². The normalized spacial score (nSPS) is 24.2. The lowest BCUT2D eigenvalue weighted by Crippen LogP contribution is -2.56. The fourth-order valence-corrected chi connectivity index (χ4v) is 1.79. The van der Waals surface area contributed by atoms with Crippen LogP contribution in [0.5, 0.6) is 0 Å². The number of imide groups is 1. The molecule has 8 heteroatoms. The summed E-state index contributed by atoms with van der Waals surface area (Å²) in [6, 6.07) is -0.995. The second kappa shape index (κ2) is 5.23. The molecule has 20 heavy (non-hydrogen) atoms. The van der Waals surface area contributed by atoms with Crippen LogP contribution < -0.4 is 10.6 Å². The zero-order valence-corrected chi connectivity index (χ0v) is 12.0. The van der Waals surface area contributed by atoms with Crippen molar-refractivity contribution in [2.75, 3.05) is 13.1 Å². The molecule has 2 N–H and O–H groups in total. The molecule has 1 atom stereocenters. The van der Waals surface area contributed by atoms with Gasteiger partial charge in [-0.1, -0.05) is 0 Å². The highest BCUT2D eigenvalue weighted by atomic mass is 19.4. The largest absolute Gasteiger partial charge is 0.420 e. The standard InChI is InChI=1S/C12H20F3N3O2/c1-10(2,3)16-6-5-7-18-8(19)11(4,12(13,14)15)17-9(18)20/h16H,5-7H2,1-4H3,(H,17,20). The fraction of sp³-hybridized carbons (Fsp3) is 0.833. The molecule has 0 radical (unpaired) electrons. The van der Waals surface area contributed by atoms with Crippen molar-refractivity contribution < 1.29 is 22.8 Å². The molecule has 3 amide bonds. The Morgan fingerprint density at radius 1 is 1.25 bits per heavy atom. The summed E-state index contributed by atoms with van der Waals surface area (Å²) in [6.07, 6.45) is -4.41. The van der Waals surface area contributed by atoms with E-state index in [2.05, 4.69) is 5.32 Å². The van der Waals surface area contributed by atoms with Gasteiger partial charge in [-0.2, -0.15) is 13.2 Å². The summed E-state index contributed by atoms with van der Waals surface area (Å²) in [7, 11) is 0. The van der Waals surface area contributed by atoms with Gasteiger partial charge in [-0.15, -0.1) is 0 Å². The SMILES string of the molecule is CC(C)(C)NCCCN1C(=O)NC(C)(C(F)(F)F)C1=O. The first-order valence-corrected chi connectivity index (χ1v) is 6.34. The summed E-state index contributed by atoms with van der Waals surface area (Å²) in [6.45, 7) is 6.98. The molecule has 0 aromatic rings. The van der Waals surface area contributed by atoms with Crippen molar-refractivity contribution in [3.05, 3.63) is 0 Å².